The first-order valence-corrected chi connectivity index (χ1v) is 5.36. The lowest BCUT2D eigenvalue weighted by molar-refractivity contribution is -0.138. The zero-order chi connectivity index (χ0) is 13.2. The molecule has 0 aromatic carbocycles. The summed E-state index contributed by atoms with van der Waals surface area (Å²) in [5.41, 5.74) is -0.879. The van der Waals surface area contributed by atoms with E-state index in [4.69, 9.17) is 5.11 Å². The minimum atomic E-state index is -0.970. The van der Waals surface area contributed by atoms with E-state index in [2.05, 4.69) is 10.6 Å². The molecule has 7 heteroatoms. The smallest absolute Gasteiger partial charge is 0.325 e. The normalized spacial score (nSPS) is 20.3. The second-order valence-electron chi connectivity index (χ2n) is 4.53. The predicted octanol–water partition coefficient (Wildman–Crippen LogP) is -0.620. The van der Waals surface area contributed by atoms with E-state index in [9.17, 15) is 14.4 Å². The quantitative estimate of drug-likeness (QED) is 0.559. The molecule has 0 saturated carbocycles. The molecule has 96 valence electrons. The van der Waals surface area contributed by atoms with Crippen molar-refractivity contribution in [1.82, 2.24) is 15.5 Å². The Bertz CT molecular complexity index is 353. The number of imide groups is 1. The highest BCUT2D eigenvalue weighted by molar-refractivity contribution is 6.06. The van der Waals surface area contributed by atoms with Crippen LogP contribution in [0.5, 0.6) is 0 Å². The summed E-state index contributed by atoms with van der Waals surface area (Å²) in [4.78, 5) is 34.8. The van der Waals surface area contributed by atoms with Crippen LogP contribution in [0.3, 0.4) is 0 Å². The number of hydrogen-bond acceptors (Lipinski definition) is 4. The van der Waals surface area contributed by atoms with E-state index in [0.717, 1.165) is 4.90 Å². The molecule has 17 heavy (non-hydrogen) atoms. The van der Waals surface area contributed by atoms with Crippen LogP contribution in [0, 0.1) is 0 Å². The van der Waals surface area contributed by atoms with Gasteiger partial charge in [-0.2, -0.15) is 0 Å². The molecule has 1 heterocycles. The van der Waals surface area contributed by atoms with E-state index in [0.29, 0.717) is 0 Å². The zero-order valence-electron chi connectivity index (χ0n) is 10.1. The highest BCUT2D eigenvalue weighted by Crippen LogP contribution is 2.15. The second-order valence-corrected chi connectivity index (χ2v) is 4.53. The van der Waals surface area contributed by atoms with Gasteiger partial charge in [-0.1, -0.05) is 0 Å². The van der Waals surface area contributed by atoms with Crippen molar-refractivity contribution in [3.63, 3.8) is 0 Å². The molecular weight excluding hydrogens is 226 g/mol. The standard InChI is InChI=1S/C10H17N3O4/c1-6(7(14)15)11-4-5-13-8(16)10(2,3)12-9(13)17/h6,11H,4-5H2,1-3H3,(H,12,17)(H,14,15)/t6-/m1/s1. The molecule has 3 N–H and O–H groups in total. The summed E-state index contributed by atoms with van der Waals surface area (Å²) < 4.78 is 0. The Kier molecular flexibility index (Phi) is 3.72. The molecule has 1 aliphatic heterocycles. The number of carbonyl (C=O) groups excluding carboxylic acids is 2. The van der Waals surface area contributed by atoms with E-state index in [1.54, 1.807) is 13.8 Å². The largest absolute Gasteiger partial charge is 0.480 e. The van der Waals surface area contributed by atoms with Crippen LogP contribution < -0.4 is 10.6 Å². The molecule has 0 bridgehead atoms. The predicted molar refractivity (Wildman–Crippen MR) is 59.4 cm³/mol. The molecule has 3 amide bonds. The molecule has 0 aromatic heterocycles. The number of aliphatic carboxylic acids is 1. The molecule has 0 spiro atoms. The SMILES string of the molecule is C[C@@H](NCCN1C(=O)NC(C)(C)C1=O)C(=O)O. The van der Waals surface area contributed by atoms with Crippen molar-refractivity contribution in [3.05, 3.63) is 0 Å². The molecule has 1 atom stereocenters. The Morgan fingerprint density at radius 2 is 2.12 bits per heavy atom. The third-order valence-electron chi connectivity index (χ3n) is 2.60. The maximum Gasteiger partial charge on any atom is 0.325 e. The number of carboxylic acid groups (broad SMARTS) is 1. The van der Waals surface area contributed by atoms with Crippen LogP contribution in [0.15, 0.2) is 0 Å². The number of nitrogens with one attached hydrogen (secondary N) is 2. The summed E-state index contributed by atoms with van der Waals surface area (Å²) in [7, 11) is 0. The number of amides is 3. The average Bonchev–Trinajstić information content (AvgIpc) is 2.39. The first kappa shape index (κ1) is 13.4. The van der Waals surface area contributed by atoms with Gasteiger partial charge in [-0.15, -0.1) is 0 Å². The molecule has 1 fully saturated rings. The van der Waals surface area contributed by atoms with Crippen LogP contribution in [0.1, 0.15) is 20.8 Å². The third-order valence-corrected chi connectivity index (χ3v) is 2.60. The van der Waals surface area contributed by atoms with E-state index in [1.807, 2.05) is 0 Å². The fraction of sp³-hybridized carbons (Fsp3) is 0.700. The van der Waals surface area contributed by atoms with Gasteiger partial charge in [-0.3, -0.25) is 14.5 Å². The zero-order valence-corrected chi connectivity index (χ0v) is 10.1. The number of rotatable bonds is 5. The van der Waals surface area contributed by atoms with Gasteiger partial charge in [0, 0.05) is 13.1 Å². The number of urea groups is 1. The van der Waals surface area contributed by atoms with Gasteiger partial charge < -0.3 is 15.7 Å². The van der Waals surface area contributed by atoms with Crippen molar-refractivity contribution >= 4 is 17.9 Å². The first-order valence-electron chi connectivity index (χ1n) is 5.36. The van der Waals surface area contributed by atoms with Crippen molar-refractivity contribution < 1.29 is 19.5 Å². The molecule has 1 aliphatic rings. The van der Waals surface area contributed by atoms with Crippen molar-refractivity contribution in [3.8, 4) is 0 Å². The van der Waals surface area contributed by atoms with Crippen LogP contribution in [-0.2, 0) is 9.59 Å². The van der Waals surface area contributed by atoms with E-state index in [1.165, 1.54) is 6.92 Å². The lowest BCUT2D eigenvalue weighted by Gasteiger charge is -2.17. The van der Waals surface area contributed by atoms with Crippen LogP contribution in [-0.4, -0.2) is 52.6 Å². The molecular formula is C10H17N3O4. The summed E-state index contributed by atoms with van der Waals surface area (Å²) >= 11 is 0. The summed E-state index contributed by atoms with van der Waals surface area (Å²) in [6.07, 6.45) is 0. The number of carboxylic acids is 1. The molecule has 1 rings (SSSR count). The Morgan fingerprint density at radius 3 is 2.53 bits per heavy atom. The fourth-order valence-electron chi connectivity index (χ4n) is 1.50. The summed E-state index contributed by atoms with van der Waals surface area (Å²) in [6, 6.07) is -1.14. The molecule has 0 radical (unpaired) electrons. The van der Waals surface area contributed by atoms with E-state index < -0.39 is 23.6 Å². The van der Waals surface area contributed by atoms with Gasteiger partial charge in [0.05, 0.1) is 0 Å². The number of nitrogens with zero attached hydrogens (tertiary/aromatic N) is 1. The van der Waals surface area contributed by atoms with Crippen molar-refractivity contribution in [2.75, 3.05) is 13.1 Å². The average molecular weight is 243 g/mol. The van der Waals surface area contributed by atoms with Gasteiger partial charge in [0.25, 0.3) is 5.91 Å². The highest BCUT2D eigenvalue weighted by atomic mass is 16.4. The van der Waals surface area contributed by atoms with Gasteiger partial charge in [-0.05, 0) is 20.8 Å². The highest BCUT2D eigenvalue weighted by Gasteiger charge is 2.43. The Hall–Kier alpha value is -1.63. The monoisotopic (exact) mass is 243 g/mol. The molecule has 7 nitrogen and oxygen atoms in total. The lowest BCUT2D eigenvalue weighted by atomic mass is 10.1. The fourth-order valence-corrected chi connectivity index (χ4v) is 1.50. The van der Waals surface area contributed by atoms with Crippen molar-refractivity contribution in [1.29, 1.82) is 0 Å². The number of carbonyl (C=O) groups is 3. The maximum atomic E-state index is 11.7. The molecule has 0 unspecified atom stereocenters. The Balaban J connectivity index is 2.46. The topological polar surface area (TPSA) is 98.7 Å². The summed E-state index contributed by atoms with van der Waals surface area (Å²) in [5, 5.41) is 13.9. The van der Waals surface area contributed by atoms with Crippen LogP contribution >= 0.6 is 0 Å². The minimum Gasteiger partial charge on any atom is -0.480 e. The minimum absolute atomic E-state index is 0.158. The van der Waals surface area contributed by atoms with Gasteiger partial charge in [0.15, 0.2) is 0 Å². The van der Waals surface area contributed by atoms with E-state index >= 15 is 0 Å². The van der Waals surface area contributed by atoms with Gasteiger partial charge in [0.2, 0.25) is 0 Å². The Morgan fingerprint density at radius 1 is 1.53 bits per heavy atom. The van der Waals surface area contributed by atoms with Crippen molar-refractivity contribution in [2.45, 2.75) is 32.4 Å². The third kappa shape index (κ3) is 2.94. The van der Waals surface area contributed by atoms with Crippen LogP contribution in [0.2, 0.25) is 0 Å². The van der Waals surface area contributed by atoms with Crippen molar-refractivity contribution in [2.24, 2.45) is 0 Å². The second kappa shape index (κ2) is 4.70. The Labute approximate surface area is 99.2 Å². The van der Waals surface area contributed by atoms with Crippen LogP contribution in [0.4, 0.5) is 4.79 Å². The van der Waals surface area contributed by atoms with Gasteiger partial charge in [-0.25, -0.2) is 4.79 Å². The summed E-state index contributed by atoms with van der Waals surface area (Å²) in [5.74, 6) is -1.27. The lowest BCUT2D eigenvalue weighted by Crippen LogP contribution is -2.43. The molecule has 0 aromatic rings. The first-order chi connectivity index (χ1) is 7.75. The van der Waals surface area contributed by atoms with Crippen LogP contribution in [0.25, 0.3) is 0 Å². The molecule has 0 aliphatic carbocycles. The van der Waals surface area contributed by atoms with E-state index in [-0.39, 0.29) is 19.0 Å². The van der Waals surface area contributed by atoms with Gasteiger partial charge in [0.1, 0.15) is 11.6 Å². The number of hydrogen-bond donors (Lipinski definition) is 3. The van der Waals surface area contributed by atoms with Gasteiger partial charge >= 0.3 is 12.0 Å². The molecule has 1 saturated heterocycles. The summed E-state index contributed by atoms with van der Waals surface area (Å²) in [6.45, 7) is 5.16. The maximum absolute atomic E-state index is 11.7.